The molecule has 1 amide bonds. The molecular formula is C41H83NO3. The fraction of sp³-hybridized carbons (Fsp3) is 0.976. The molecule has 0 saturated heterocycles. The van der Waals surface area contributed by atoms with Crippen LogP contribution in [0.3, 0.4) is 0 Å². The van der Waals surface area contributed by atoms with Crippen LogP contribution in [-0.2, 0) is 4.79 Å². The highest BCUT2D eigenvalue weighted by molar-refractivity contribution is 5.76. The third kappa shape index (κ3) is 34.5. The van der Waals surface area contributed by atoms with Gasteiger partial charge in [0.05, 0.1) is 18.8 Å². The second-order valence-electron chi connectivity index (χ2n) is 14.4. The number of hydrogen-bond donors (Lipinski definition) is 3. The van der Waals surface area contributed by atoms with Crippen molar-refractivity contribution < 1.29 is 15.0 Å². The van der Waals surface area contributed by atoms with Crippen LogP contribution in [0, 0.1) is 0 Å². The Morgan fingerprint density at radius 3 is 0.978 bits per heavy atom. The van der Waals surface area contributed by atoms with E-state index in [-0.39, 0.29) is 12.5 Å². The Hall–Kier alpha value is -0.610. The lowest BCUT2D eigenvalue weighted by molar-refractivity contribution is -0.123. The van der Waals surface area contributed by atoms with Gasteiger partial charge in [-0.1, -0.05) is 219 Å². The van der Waals surface area contributed by atoms with Crippen molar-refractivity contribution in [1.82, 2.24) is 5.32 Å². The van der Waals surface area contributed by atoms with Gasteiger partial charge in [0.25, 0.3) is 0 Å². The van der Waals surface area contributed by atoms with Crippen molar-refractivity contribution in [3.8, 4) is 0 Å². The van der Waals surface area contributed by atoms with Gasteiger partial charge in [0.2, 0.25) is 5.91 Å². The van der Waals surface area contributed by atoms with E-state index < -0.39 is 12.1 Å². The van der Waals surface area contributed by atoms with Gasteiger partial charge in [-0.15, -0.1) is 0 Å². The molecule has 0 radical (unpaired) electrons. The van der Waals surface area contributed by atoms with Gasteiger partial charge in [0, 0.05) is 6.42 Å². The lowest BCUT2D eigenvalue weighted by Crippen LogP contribution is -2.45. The highest BCUT2D eigenvalue weighted by Gasteiger charge is 2.19. The first-order valence-corrected chi connectivity index (χ1v) is 20.7. The van der Waals surface area contributed by atoms with Crippen LogP contribution in [-0.4, -0.2) is 34.9 Å². The van der Waals surface area contributed by atoms with Crippen LogP contribution in [0.4, 0.5) is 0 Å². The average molecular weight is 638 g/mol. The van der Waals surface area contributed by atoms with Crippen LogP contribution in [0.15, 0.2) is 0 Å². The van der Waals surface area contributed by atoms with Gasteiger partial charge >= 0.3 is 0 Å². The van der Waals surface area contributed by atoms with Crippen LogP contribution in [0.1, 0.15) is 239 Å². The van der Waals surface area contributed by atoms with Gasteiger partial charge < -0.3 is 15.5 Å². The third-order valence-electron chi connectivity index (χ3n) is 9.87. The summed E-state index contributed by atoms with van der Waals surface area (Å²) in [7, 11) is 0. The molecule has 0 aromatic heterocycles. The second-order valence-corrected chi connectivity index (χ2v) is 14.4. The Labute approximate surface area is 283 Å². The fourth-order valence-corrected chi connectivity index (χ4v) is 6.63. The van der Waals surface area contributed by atoms with Crippen LogP contribution < -0.4 is 5.32 Å². The van der Waals surface area contributed by atoms with E-state index in [1.165, 1.54) is 186 Å². The van der Waals surface area contributed by atoms with Crippen molar-refractivity contribution >= 4 is 5.91 Å². The fourth-order valence-electron chi connectivity index (χ4n) is 6.63. The summed E-state index contributed by atoms with van der Waals surface area (Å²) < 4.78 is 0. The number of aliphatic hydroxyl groups is 2. The van der Waals surface area contributed by atoms with Gasteiger partial charge in [0.1, 0.15) is 0 Å². The summed E-state index contributed by atoms with van der Waals surface area (Å²) in [5, 5.41) is 22.6. The van der Waals surface area contributed by atoms with Crippen LogP contribution >= 0.6 is 0 Å². The Bertz CT molecular complexity index is 569. The first-order valence-electron chi connectivity index (χ1n) is 20.7. The lowest BCUT2D eigenvalue weighted by atomic mass is 10.0. The Morgan fingerprint density at radius 1 is 0.444 bits per heavy atom. The van der Waals surface area contributed by atoms with Gasteiger partial charge in [-0.3, -0.25) is 4.79 Å². The SMILES string of the molecule is CCCCCCCCCCCCCCCCCCCCCCCCCCCCCCCCCC(O)C(CO)NC(=O)CCCC. The molecule has 0 aromatic carbocycles. The number of rotatable bonds is 38. The first-order chi connectivity index (χ1) is 22.2. The van der Waals surface area contributed by atoms with E-state index in [4.69, 9.17) is 0 Å². The molecular weight excluding hydrogens is 554 g/mol. The zero-order valence-corrected chi connectivity index (χ0v) is 30.9. The molecule has 0 aliphatic carbocycles. The Balaban J connectivity index is 3.23. The number of nitrogens with one attached hydrogen (secondary N) is 1. The molecule has 2 unspecified atom stereocenters. The van der Waals surface area contributed by atoms with E-state index in [1.807, 2.05) is 0 Å². The summed E-state index contributed by atoms with van der Waals surface area (Å²) in [5.41, 5.74) is 0. The quantitative estimate of drug-likeness (QED) is 0.0590. The number of amides is 1. The van der Waals surface area contributed by atoms with Crippen LogP contribution in [0.5, 0.6) is 0 Å². The van der Waals surface area contributed by atoms with Crippen molar-refractivity contribution in [3.63, 3.8) is 0 Å². The molecule has 4 nitrogen and oxygen atoms in total. The molecule has 0 aromatic rings. The molecule has 270 valence electrons. The predicted molar refractivity (Wildman–Crippen MR) is 198 cm³/mol. The maximum Gasteiger partial charge on any atom is 0.220 e. The average Bonchev–Trinajstić information content (AvgIpc) is 3.05. The smallest absolute Gasteiger partial charge is 0.220 e. The molecule has 0 spiro atoms. The topological polar surface area (TPSA) is 69.6 Å². The van der Waals surface area contributed by atoms with Crippen LogP contribution in [0.2, 0.25) is 0 Å². The highest BCUT2D eigenvalue weighted by Crippen LogP contribution is 2.17. The number of hydrogen-bond acceptors (Lipinski definition) is 3. The minimum absolute atomic E-state index is 0.0640. The maximum absolute atomic E-state index is 11.9. The molecule has 45 heavy (non-hydrogen) atoms. The summed E-state index contributed by atoms with van der Waals surface area (Å²) >= 11 is 0. The van der Waals surface area contributed by atoms with Gasteiger partial charge in [-0.05, 0) is 12.8 Å². The van der Waals surface area contributed by atoms with E-state index in [2.05, 4.69) is 19.2 Å². The summed E-state index contributed by atoms with van der Waals surface area (Å²) in [6.07, 6.45) is 45.8. The van der Waals surface area contributed by atoms with E-state index >= 15 is 0 Å². The highest BCUT2D eigenvalue weighted by atomic mass is 16.3. The number of unbranched alkanes of at least 4 members (excludes halogenated alkanes) is 31. The van der Waals surface area contributed by atoms with Crippen LogP contribution in [0.25, 0.3) is 0 Å². The summed E-state index contributed by atoms with van der Waals surface area (Å²) in [5.74, 6) is -0.0640. The maximum atomic E-state index is 11.9. The van der Waals surface area contributed by atoms with Crippen molar-refractivity contribution in [3.05, 3.63) is 0 Å². The van der Waals surface area contributed by atoms with E-state index in [1.54, 1.807) is 0 Å². The van der Waals surface area contributed by atoms with Crippen molar-refractivity contribution in [2.75, 3.05) is 6.61 Å². The monoisotopic (exact) mass is 638 g/mol. The van der Waals surface area contributed by atoms with Crippen molar-refractivity contribution in [2.24, 2.45) is 0 Å². The Morgan fingerprint density at radius 2 is 0.711 bits per heavy atom. The molecule has 0 aliphatic rings. The number of aliphatic hydroxyl groups excluding tert-OH is 2. The molecule has 0 bridgehead atoms. The third-order valence-corrected chi connectivity index (χ3v) is 9.87. The Kier molecular flexibility index (Phi) is 37.3. The standard InChI is InChI=1S/C41H83NO3/c1-3-5-7-8-9-10-11-12-13-14-15-16-17-18-19-20-21-22-23-24-25-26-27-28-29-30-31-32-33-34-35-36-40(44)39(38-43)42-41(45)37-6-4-2/h39-40,43-44H,3-38H2,1-2H3,(H,42,45). The zero-order chi connectivity index (χ0) is 32.9. The van der Waals surface area contributed by atoms with Crippen molar-refractivity contribution in [2.45, 2.75) is 251 Å². The molecule has 0 aliphatic heterocycles. The molecule has 0 fully saturated rings. The first kappa shape index (κ1) is 44.4. The van der Waals surface area contributed by atoms with E-state index in [9.17, 15) is 15.0 Å². The molecule has 4 heteroatoms. The predicted octanol–water partition coefficient (Wildman–Crippen LogP) is 12.5. The van der Waals surface area contributed by atoms with E-state index in [0.29, 0.717) is 12.8 Å². The summed E-state index contributed by atoms with van der Waals surface area (Å²) in [4.78, 5) is 11.9. The zero-order valence-electron chi connectivity index (χ0n) is 30.9. The second kappa shape index (κ2) is 37.8. The minimum Gasteiger partial charge on any atom is -0.394 e. The summed E-state index contributed by atoms with van der Waals surface area (Å²) in [6, 6.07) is -0.525. The largest absolute Gasteiger partial charge is 0.394 e. The lowest BCUT2D eigenvalue weighted by Gasteiger charge is -2.22. The number of carbonyl (C=O) groups is 1. The molecule has 0 heterocycles. The normalized spacial score (nSPS) is 12.9. The molecule has 0 rings (SSSR count). The van der Waals surface area contributed by atoms with Gasteiger partial charge in [0.15, 0.2) is 0 Å². The summed E-state index contributed by atoms with van der Waals surface area (Å²) in [6.45, 7) is 4.16. The molecule has 0 saturated carbocycles. The van der Waals surface area contributed by atoms with Crippen molar-refractivity contribution in [1.29, 1.82) is 0 Å². The minimum atomic E-state index is -0.649. The van der Waals surface area contributed by atoms with Gasteiger partial charge in [-0.25, -0.2) is 0 Å². The molecule has 2 atom stereocenters. The van der Waals surface area contributed by atoms with E-state index in [0.717, 1.165) is 25.7 Å². The van der Waals surface area contributed by atoms with Gasteiger partial charge in [-0.2, -0.15) is 0 Å². The number of carbonyl (C=O) groups excluding carboxylic acids is 1. The molecule has 3 N–H and O–H groups in total.